The summed E-state index contributed by atoms with van der Waals surface area (Å²) in [6, 6.07) is 1.42. The monoisotopic (exact) mass is 474 g/mol. The molecule has 0 aliphatic rings. The summed E-state index contributed by atoms with van der Waals surface area (Å²) in [4.78, 5) is 19.8. The van der Waals surface area contributed by atoms with Crippen LogP contribution < -0.4 is 10.5 Å². The highest BCUT2D eigenvalue weighted by Crippen LogP contribution is 2.42. The smallest absolute Gasteiger partial charge is 0.342 e. The van der Waals surface area contributed by atoms with E-state index in [2.05, 4.69) is 4.98 Å². The van der Waals surface area contributed by atoms with Gasteiger partial charge in [0.15, 0.2) is 0 Å². The van der Waals surface area contributed by atoms with E-state index in [9.17, 15) is 31.1 Å². The average molecular weight is 474 g/mol. The van der Waals surface area contributed by atoms with Crippen molar-refractivity contribution < 1.29 is 26.3 Å². The van der Waals surface area contributed by atoms with Crippen LogP contribution in [-0.2, 0) is 26.4 Å². The van der Waals surface area contributed by atoms with Crippen LogP contribution in [0.4, 0.5) is 32.3 Å². The summed E-state index contributed by atoms with van der Waals surface area (Å²) in [7, 11) is 3.01. The van der Waals surface area contributed by atoms with Gasteiger partial charge in [-0.3, -0.25) is 9.36 Å². The molecule has 0 bridgehead atoms. The molecule has 3 rings (SSSR count). The fourth-order valence-corrected chi connectivity index (χ4v) is 3.92. The molecule has 11 heteroatoms. The number of rotatable bonds is 6. The molecule has 0 atom stereocenters. The number of aryl methyl sites for hydroxylation is 1. The molecule has 0 fully saturated rings. The normalized spacial score (nSPS) is 12.5. The van der Waals surface area contributed by atoms with Crippen molar-refractivity contribution >= 4 is 17.0 Å². The molecule has 0 aliphatic carbocycles. The van der Waals surface area contributed by atoms with Crippen molar-refractivity contribution in [2.75, 3.05) is 18.0 Å². The van der Waals surface area contributed by atoms with Gasteiger partial charge in [-0.05, 0) is 30.5 Å². The van der Waals surface area contributed by atoms with Crippen LogP contribution in [0.5, 0.6) is 0 Å². The summed E-state index contributed by atoms with van der Waals surface area (Å²) < 4.78 is 83.2. The van der Waals surface area contributed by atoms with E-state index in [4.69, 9.17) is 0 Å². The minimum atomic E-state index is -5.06. The minimum absolute atomic E-state index is 0.0741. The number of halogens is 6. The second-order valence-corrected chi connectivity index (χ2v) is 7.87. The Kier molecular flexibility index (Phi) is 6.54. The van der Waals surface area contributed by atoms with E-state index in [0.717, 1.165) is 18.9 Å². The number of fused-ring (bicyclic) bond motifs is 1. The number of benzene rings is 1. The van der Waals surface area contributed by atoms with Crippen LogP contribution in [0, 0.1) is 0 Å². The third-order valence-electron chi connectivity index (χ3n) is 5.39. The summed E-state index contributed by atoms with van der Waals surface area (Å²) in [6.07, 6.45) is -7.10. The first-order chi connectivity index (χ1) is 15.3. The van der Waals surface area contributed by atoms with Crippen LogP contribution in [-0.4, -0.2) is 27.2 Å². The van der Waals surface area contributed by atoms with E-state index in [-0.39, 0.29) is 22.7 Å². The highest BCUT2D eigenvalue weighted by Gasteiger charge is 2.39. The molecular weight excluding hydrogens is 450 g/mol. The molecule has 33 heavy (non-hydrogen) atoms. The van der Waals surface area contributed by atoms with Crippen molar-refractivity contribution in [1.29, 1.82) is 0 Å². The van der Waals surface area contributed by atoms with Gasteiger partial charge >= 0.3 is 12.4 Å². The van der Waals surface area contributed by atoms with Gasteiger partial charge in [-0.15, -0.1) is 0 Å². The molecule has 0 unspecified atom stereocenters. The highest BCUT2D eigenvalue weighted by molar-refractivity contribution is 5.95. The molecular formula is C22H24F6N4O. The zero-order chi connectivity index (χ0) is 24.7. The van der Waals surface area contributed by atoms with Crippen molar-refractivity contribution in [3.8, 4) is 11.1 Å². The van der Waals surface area contributed by atoms with Crippen LogP contribution in [0.1, 0.15) is 37.8 Å². The van der Waals surface area contributed by atoms with Crippen molar-refractivity contribution in [2.24, 2.45) is 14.1 Å². The maximum atomic E-state index is 13.7. The summed E-state index contributed by atoms with van der Waals surface area (Å²) in [5.41, 5.74) is -3.92. The van der Waals surface area contributed by atoms with Crippen molar-refractivity contribution in [1.82, 2.24) is 14.1 Å². The lowest BCUT2D eigenvalue weighted by Crippen LogP contribution is -2.33. The molecule has 0 saturated carbocycles. The molecule has 2 heterocycles. The largest absolute Gasteiger partial charge is 0.417 e. The Hall–Kier alpha value is -2.98. The van der Waals surface area contributed by atoms with E-state index >= 15 is 0 Å². The third-order valence-corrected chi connectivity index (χ3v) is 5.39. The fraction of sp³-hybridized carbons (Fsp3) is 0.455. The standard InChI is InChI=1S/C22H24F6N4O/c1-5-9-32(10-6-2)20-29-18-17(19(33)31(20)4)15(12-30(18)3)14-8-7-13(21(23,24)25)11-16(14)22(26,27)28/h7-8,11-12H,5-6,9-10H2,1-4H3. The van der Waals surface area contributed by atoms with Gasteiger partial charge in [0.1, 0.15) is 5.65 Å². The predicted molar refractivity (Wildman–Crippen MR) is 114 cm³/mol. The van der Waals surface area contributed by atoms with Crippen LogP contribution >= 0.6 is 0 Å². The molecule has 5 nitrogen and oxygen atoms in total. The second-order valence-electron chi connectivity index (χ2n) is 7.87. The average Bonchev–Trinajstić information content (AvgIpc) is 3.05. The van der Waals surface area contributed by atoms with Gasteiger partial charge in [0.25, 0.3) is 5.56 Å². The molecule has 0 radical (unpaired) electrons. The Balaban J connectivity index is 2.33. The van der Waals surface area contributed by atoms with Gasteiger partial charge in [-0.25, -0.2) is 0 Å². The van der Waals surface area contributed by atoms with E-state index in [1.807, 2.05) is 18.7 Å². The zero-order valence-electron chi connectivity index (χ0n) is 18.6. The number of alkyl halides is 6. The molecule has 1 aromatic carbocycles. The van der Waals surface area contributed by atoms with E-state index in [0.29, 0.717) is 25.1 Å². The molecule has 180 valence electrons. The summed E-state index contributed by atoms with van der Waals surface area (Å²) in [6.45, 7) is 5.22. The fourth-order valence-electron chi connectivity index (χ4n) is 3.92. The molecule has 0 amide bonds. The number of aromatic nitrogens is 3. The number of anilines is 1. The first-order valence-electron chi connectivity index (χ1n) is 10.4. The molecule has 2 aromatic heterocycles. The number of nitrogens with zero attached hydrogens (tertiary/aromatic N) is 4. The van der Waals surface area contributed by atoms with Crippen LogP contribution in [0.3, 0.4) is 0 Å². The minimum Gasteiger partial charge on any atom is -0.342 e. The van der Waals surface area contributed by atoms with Crippen molar-refractivity contribution in [3.63, 3.8) is 0 Å². The van der Waals surface area contributed by atoms with Gasteiger partial charge in [0, 0.05) is 38.9 Å². The van der Waals surface area contributed by atoms with E-state index in [1.54, 1.807) is 0 Å². The maximum Gasteiger partial charge on any atom is 0.417 e. The number of hydrogen-bond donors (Lipinski definition) is 0. The van der Waals surface area contributed by atoms with Gasteiger partial charge in [-0.1, -0.05) is 19.9 Å². The third kappa shape index (κ3) is 4.58. The Morgan fingerprint density at radius 2 is 1.55 bits per heavy atom. The van der Waals surface area contributed by atoms with Gasteiger partial charge in [-0.2, -0.15) is 31.3 Å². The first kappa shape index (κ1) is 24.7. The summed E-state index contributed by atoms with van der Waals surface area (Å²) >= 11 is 0. The molecule has 0 N–H and O–H groups in total. The SMILES string of the molecule is CCCN(CCC)c1nc2c(c(-c3ccc(C(F)(F)F)cc3C(F)(F)F)cn2C)c(=O)n1C. The lowest BCUT2D eigenvalue weighted by atomic mass is 9.97. The second kappa shape index (κ2) is 8.75. The molecule has 0 aliphatic heterocycles. The van der Waals surface area contributed by atoms with Crippen LogP contribution in [0.2, 0.25) is 0 Å². The predicted octanol–water partition coefficient (Wildman–Crippen LogP) is 5.60. The molecule has 0 saturated heterocycles. The summed E-state index contributed by atoms with van der Waals surface area (Å²) in [5, 5.41) is -0.0815. The van der Waals surface area contributed by atoms with E-state index < -0.39 is 34.6 Å². The Morgan fingerprint density at radius 1 is 0.939 bits per heavy atom. The topological polar surface area (TPSA) is 43.1 Å². The van der Waals surface area contributed by atoms with Gasteiger partial charge in [0.2, 0.25) is 5.95 Å². The lowest BCUT2D eigenvalue weighted by Gasteiger charge is -2.24. The Morgan fingerprint density at radius 3 is 2.06 bits per heavy atom. The quantitative estimate of drug-likeness (QED) is 0.437. The maximum absolute atomic E-state index is 13.7. The Bertz CT molecular complexity index is 1220. The van der Waals surface area contributed by atoms with Crippen molar-refractivity contribution in [3.05, 3.63) is 45.9 Å². The van der Waals surface area contributed by atoms with Crippen LogP contribution in [0.15, 0.2) is 29.2 Å². The molecule has 3 aromatic rings. The zero-order valence-corrected chi connectivity index (χ0v) is 18.6. The van der Waals surface area contributed by atoms with Gasteiger partial charge in [0.05, 0.1) is 16.5 Å². The van der Waals surface area contributed by atoms with E-state index in [1.165, 1.54) is 29.4 Å². The highest BCUT2D eigenvalue weighted by atomic mass is 19.4. The summed E-state index contributed by atoms with van der Waals surface area (Å²) in [5.74, 6) is 0.382. The number of hydrogen-bond acceptors (Lipinski definition) is 3. The lowest BCUT2D eigenvalue weighted by molar-refractivity contribution is -0.142. The first-order valence-corrected chi connectivity index (χ1v) is 10.4. The Labute approximate surface area is 186 Å². The molecule has 0 spiro atoms. The van der Waals surface area contributed by atoms with Crippen LogP contribution in [0.25, 0.3) is 22.2 Å². The van der Waals surface area contributed by atoms with Gasteiger partial charge < -0.3 is 9.47 Å². The van der Waals surface area contributed by atoms with Crippen molar-refractivity contribution in [2.45, 2.75) is 39.0 Å².